The quantitative estimate of drug-likeness (QED) is 0.766. The van der Waals surface area contributed by atoms with Crippen LogP contribution in [-0.2, 0) is 0 Å². The Morgan fingerprint density at radius 3 is 3.00 bits per heavy atom. The Balaban J connectivity index is 1.43. The number of carbonyl (C=O) groups is 1. The van der Waals surface area contributed by atoms with Gasteiger partial charge in [0, 0.05) is 12.1 Å². The molecule has 1 fully saturated rings. The summed E-state index contributed by atoms with van der Waals surface area (Å²) in [4.78, 5) is 12.1. The van der Waals surface area contributed by atoms with E-state index in [0.29, 0.717) is 16.9 Å². The SMILES string of the molecule is CC(NC(=O)Nc1nnc(C2CC2)s1)c1nnc2ccccn12. The summed E-state index contributed by atoms with van der Waals surface area (Å²) in [5.41, 5.74) is 0.745. The van der Waals surface area contributed by atoms with Crippen LogP contribution in [0, 0.1) is 0 Å². The van der Waals surface area contributed by atoms with Crippen molar-refractivity contribution in [1.82, 2.24) is 30.1 Å². The van der Waals surface area contributed by atoms with Crippen molar-refractivity contribution in [2.24, 2.45) is 0 Å². The van der Waals surface area contributed by atoms with Crippen LogP contribution in [-0.4, -0.2) is 30.8 Å². The lowest BCUT2D eigenvalue weighted by Crippen LogP contribution is -2.32. The van der Waals surface area contributed by atoms with Gasteiger partial charge in [-0.1, -0.05) is 17.4 Å². The summed E-state index contributed by atoms with van der Waals surface area (Å²) in [7, 11) is 0. The zero-order valence-corrected chi connectivity index (χ0v) is 13.2. The topological polar surface area (TPSA) is 97.1 Å². The molecule has 4 rings (SSSR count). The summed E-state index contributed by atoms with van der Waals surface area (Å²) in [5.74, 6) is 1.21. The summed E-state index contributed by atoms with van der Waals surface area (Å²) >= 11 is 1.43. The minimum atomic E-state index is -0.330. The monoisotopic (exact) mass is 329 g/mol. The molecule has 1 aliphatic rings. The summed E-state index contributed by atoms with van der Waals surface area (Å²) in [6, 6.07) is 5.04. The van der Waals surface area contributed by atoms with Crippen molar-refractivity contribution in [3.05, 3.63) is 35.2 Å². The normalized spacial score (nSPS) is 15.5. The van der Waals surface area contributed by atoms with Crippen LogP contribution in [0.4, 0.5) is 9.93 Å². The van der Waals surface area contributed by atoms with Gasteiger partial charge in [0.15, 0.2) is 11.5 Å². The number of anilines is 1. The van der Waals surface area contributed by atoms with Crippen molar-refractivity contribution >= 4 is 28.1 Å². The smallest absolute Gasteiger partial charge is 0.321 e. The molecule has 0 saturated heterocycles. The highest BCUT2D eigenvalue weighted by atomic mass is 32.1. The van der Waals surface area contributed by atoms with Crippen LogP contribution >= 0.6 is 11.3 Å². The molecular weight excluding hydrogens is 314 g/mol. The number of hydrogen-bond acceptors (Lipinski definition) is 6. The van der Waals surface area contributed by atoms with Crippen molar-refractivity contribution in [2.75, 3.05) is 5.32 Å². The lowest BCUT2D eigenvalue weighted by molar-refractivity contribution is 0.249. The van der Waals surface area contributed by atoms with Gasteiger partial charge in [0.2, 0.25) is 5.13 Å². The van der Waals surface area contributed by atoms with Crippen LogP contribution < -0.4 is 10.6 Å². The minimum absolute atomic E-state index is 0.289. The number of urea groups is 1. The molecule has 1 saturated carbocycles. The maximum atomic E-state index is 12.1. The van der Waals surface area contributed by atoms with E-state index in [1.54, 1.807) is 0 Å². The fourth-order valence-electron chi connectivity index (χ4n) is 2.33. The fourth-order valence-corrected chi connectivity index (χ4v) is 3.24. The van der Waals surface area contributed by atoms with Crippen molar-refractivity contribution in [1.29, 1.82) is 0 Å². The zero-order chi connectivity index (χ0) is 15.8. The molecule has 23 heavy (non-hydrogen) atoms. The number of aromatic nitrogens is 5. The van der Waals surface area contributed by atoms with Crippen LogP contribution in [0.25, 0.3) is 5.65 Å². The Labute approximate surface area is 136 Å². The molecule has 9 heteroatoms. The number of amides is 2. The van der Waals surface area contributed by atoms with E-state index in [1.807, 2.05) is 35.7 Å². The van der Waals surface area contributed by atoms with E-state index in [1.165, 1.54) is 11.3 Å². The van der Waals surface area contributed by atoms with Crippen LogP contribution in [0.2, 0.25) is 0 Å². The number of nitrogens with zero attached hydrogens (tertiary/aromatic N) is 5. The second kappa shape index (κ2) is 5.58. The standard InChI is InChI=1S/C14H15N7OS/c1-8(11-18-17-10-4-2-3-7-21(10)11)15-13(22)16-14-20-19-12(23-14)9-5-6-9/h2-4,7-9H,5-6H2,1H3,(H2,15,16,20,22). The molecule has 0 bridgehead atoms. The second-order valence-corrected chi connectivity index (χ2v) is 6.54. The molecule has 2 amide bonds. The largest absolute Gasteiger partial charge is 0.328 e. The molecule has 8 nitrogen and oxygen atoms in total. The van der Waals surface area contributed by atoms with Crippen LogP contribution in [0.15, 0.2) is 24.4 Å². The van der Waals surface area contributed by atoms with Crippen LogP contribution in [0.1, 0.15) is 42.6 Å². The highest BCUT2D eigenvalue weighted by Crippen LogP contribution is 2.42. The van der Waals surface area contributed by atoms with Gasteiger partial charge >= 0.3 is 6.03 Å². The molecule has 2 N–H and O–H groups in total. The predicted octanol–water partition coefficient (Wildman–Crippen LogP) is 2.34. The highest BCUT2D eigenvalue weighted by molar-refractivity contribution is 7.15. The Bertz CT molecular complexity index is 854. The van der Waals surface area contributed by atoms with E-state index in [2.05, 4.69) is 31.0 Å². The van der Waals surface area contributed by atoms with Gasteiger partial charge in [-0.2, -0.15) is 0 Å². The van der Waals surface area contributed by atoms with Gasteiger partial charge in [0.1, 0.15) is 5.01 Å². The first kappa shape index (κ1) is 14.1. The number of nitrogens with one attached hydrogen (secondary N) is 2. The molecule has 3 aromatic rings. The van der Waals surface area contributed by atoms with Gasteiger partial charge in [0.25, 0.3) is 0 Å². The lowest BCUT2D eigenvalue weighted by Gasteiger charge is -2.12. The van der Waals surface area contributed by atoms with Crippen molar-refractivity contribution in [2.45, 2.75) is 31.7 Å². The molecule has 1 aliphatic carbocycles. The average Bonchev–Trinajstić information content (AvgIpc) is 3.13. The van der Waals surface area contributed by atoms with Crippen molar-refractivity contribution in [3.63, 3.8) is 0 Å². The third-order valence-corrected chi connectivity index (χ3v) is 4.66. The molecule has 0 aromatic carbocycles. The predicted molar refractivity (Wildman–Crippen MR) is 85.4 cm³/mol. The number of pyridine rings is 1. The number of rotatable bonds is 4. The summed E-state index contributed by atoms with van der Waals surface area (Å²) in [5, 5.41) is 23.4. The second-order valence-electron chi connectivity index (χ2n) is 5.53. The first-order chi connectivity index (χ1) is 11.2. The van der Waals surface area contributed by atoms with Gasteiger partial charge in [-0.3, -0.25) is 9.72 Å². The summed E-state index contributed by atoms with van der Waals surface area (Å²) < 4.78 is 1.85. The number of carbonyl (C=O) groups excluding carboxylic acids is 1. The molecular formula is C14H15N7OS. The van der Waals surface area contributed by atoms with E-state index in [0.717, 1.165) is 23.5 Å². The fraction of sp³-hybridized carbons (Fsp3) is 0.357. The third kappa shape index (κ3) is 2.87. The molecule has 3 aromatic heterocycles. The average molecular weight is 329 g/mol. The van der Waals surface area contributed by atoms with E-state index in [-0.39, 0.29) is 12.1 Å². The van der Waals surface area contributed by atoms with Crippen LogP contribution in [0.5, 0.6) is 0 Å². The minimum Gasteiger partial charge on any atom is -0.328 e. The van der Waals surface area contributed by atoms with E-state index in [4.69, 9.17) is 0 Å². The molecule has 1 atom stereocenters. The Hall–Kier alpha value is -2.55. The van der Waals surface area contributed by atoms with E-state index >= 15 is 0 Å². The Morgan fingerprint density at radius 2 is 2.17 bits per heavy atom. The first-order valence-electron chi connectivity index (χ1n) is 7.41. The first-order valence-corrected chi connectivity index (χ1v) is 8.23. The van der Waals surface area contributed by atoms with Gasteiger partial charge < -0.3 is 5.32 Å². The summed E-state index contributed by atoms with van der Waals surface area (Å²) in [6.07, 6.45) is 4.20. The Morgan fingerprint density at radius 1 is 1.30 bits per heavy atom. The molecule has 1 unspecified atom stereocenters. The molecule has 0 aliphatic heterocycles. The maximum Gasteiger partial charge on any atom is 0.321 e. The van der Waals surface area contributed by atoms with E-state index < -0.39 is 0 Å². The van der Waals surface area contributed by atoms with Gasteiger partial charge in [0.05, 0.1) is 6.04 Å². The third-order valence-electron chi connectivity index (χ3n) is 3.66. The van der Waals surface area contributed by atoms with E-state index in [9.17, 15) is 4.79 Å². The number of fused-ring (bicyclic) bond motifs is 1. The van der Waals surface area contributed by atoms with Gasteiger partial charge in [-0.05, 0) is 31.9 Å². The van der Waals surface area contributed by atoms with Gasteiger partial charge in [-0.25, -0.2) is 4.79 Å². The van der Waals surface area contributed by atoms with Crippen molar-refractivity contribution < 1.29 is 4.79 Å². The highest BCUT2D eigenvalue weighted by Gasteiger charge is 2.27. The van der Waals surface area contributed by atoms with Crippen LogP contribution in [0.3, 0.4) is 0 Å². The number of hydrogen-bond donors (Lipinski definition) is 2. The molecule has 3 heterocycles. The van der Waals surface area contributed by atoms with Crippen molar-refractivity contribution in [3.8, 4) is 0 Å². The molecule has 0 spiro atoms. The molecule has 118 valence electrons. The lowest BCUT2D eigenvalue weighted by atomic mass is 10.3. The maximum absolute atomic E-state index is 12.1. The molecule has 0 radical (unpaired) electrons. The van der Waals surface area contributed by atoms with Gasteiger partial charge in [-0.15, -0.1) is 20.4 Å². The zero-order valence-electron chi connectivity index (χ0n) is 12.4. The Kier molecular flexibility index (Phi) is 3.41. The summed E-state index contributed by atoms with van der Waals surface area (Å²) in [6.45, 7) is 1.86.